The Balaban J connectivity index is 2.08. The van der Waals surface area contributed by atoms with Crippen molar-refractivity contribution in [2.75, 3.05) is 13.2 Å². The number of hydrogen-bond acceptors (Lipinski definition) is 3. The van der Waals surface area contributed by atoms with Crippen LogP contribution in [-0.2, 0) is 10.2 Å². The molecule has 4 heteroatoms. The zero-order chi connectivity index (χ0) is 10.9. The second-order valence-corrected chi connectivity index (χ2v) is 6.25. The van der Waals surface area contributed by atoms with Crippen molar-refractivity contribution < 1.29 is 4.74 Å². The Kier molecular flexibility index (Phi) is 3.50. The van der Waals surface area contributed by atoms with E-state index in [0.29, 0.717) is 0 Å². The lowest BCUT2D eigenvalue weighted by Crippen LogP contribution is -2.46. The maximum atomic E-state index is 5.81. The van der Waals surface area contributed by atoms with Crippen LogP contribution >= 0.6 is 27.3 Å². The third kappa shape index (κ3) is 2.44. The van der Waals surface area contributed by atoms with Crippen LogP contribution in [0.5, 0.6) is 0 Å². The highest BCUT2D eigenvalue weighted by Crippen LogP contribution is 2.41. The van der Waals surface area contributed by atoms with Crippen LogP contribution in [0.4, 0.5) is 0 Å². The molecular weight excluding hydrogens is 274 g/mol. The Hall–Kier alpha value is 0.1000. The quantitative estimate of drug-likeness (QED) is 0.925. The number of halogens is 1. The van der Waals surface area contributed by atoms with E-state index < -0.39 is 0 Å². The first-order chi connectivity index (χ1) is 7.12. The van der Waals surface area contributed by atoms with Gasteiger partial charge in [0.1, 0.15) is 0 Å². The lowest BCUT2D eigenvalue weighted by molar-refractivity contribution is -0.0638. The maximum absolute atomic E-state index is 5.81. The van der Waals surface area contributed by atoms with Gasteiger partial charge in [0.05, 0.1) is 18.6 Å². The molecule has 0 spiro atoms. The van der Waals surface area contributed by atoms with E-state index in [2.05, 4.69) is 34.3 Å². The van der Waals surface area contributed by atoms with Gasteiger partial charge >= 0.3 is 0 Å². The highest BCUT2D eigenvalue weighted by atomic mass is 79.9. The number of nitrogens with two attached hydrogens (primary N) is 1. The first-order valence-electron chi connectivity index (χ1n) is 5.20. The van der Waals surface area contributed by atoms with Crippen molar-refractivity contribution >= 4 is 27.3 Å². The average Bonchev–Trinajstić information content (AvgIpc) is 2.50. The highest BCUT2D eigenvalue weighted by Gasteiger charge is 2.41. The van der Waals surface area contributed by atoms with E-state index in [0.717, 1.165) is 26.1 Å². The molecule has 1 aromatic rings. The van der Waals surface area contributed by atoms with Gasteiger partial charge in [0.2, 0.25) is 0 Å². The van der Waals surface area contributed by atoms with E-state index in [1.807, 2.05) is 11.3 Å². The van der Waals surface area contributed by atoms with Crippen LogP contribution in [0.25, 0.3) is 0 Å². The van der Waals surface area contributed by atoms with E-state index >= 15 is 0 Å². The molecule has 0 saturated carbocycles. The van der Waals surface area contributed by atoms with E-state index in [4.69, 9.17) is 10.5 Å². The van der Waals surface area contributed by atoms with Crippen LogP contribution in [0, 0.1) is 0 Å². The minimum atomic E-state index is 0.254. The third-order valence-corrected chi connectivity index (χ3v) is 4.86. The van der Waals surface area contributed by atoms with Crippen LogP contribution < -0.4 is 5.73 Å². The smallest absolute Gasteiger partial charge is 0.0593 e. The molecule has 0 radical (unpaired) electrons. The molecular formula is C11H16BrNOS. The largest absolute Gasteiger partial charge is 0.379 e. The van der Waals surface area contributed by atoms with E-state index in [1.165, 1.54) is 9.35 Å². The summed E-state index contributed by atoms with van der Waals surface area (Å²) in [5.74, 6) is 0. The van der Waals surface area contributed by atoms with Gasteiger partial charge in [-0.05, 0) is 41.8 Å². The molecule has 0 aromatic carbocycles. The molecule has 15 heavy (non-hydrogen) atoms. The van der Waals surface area contributed by atoms with Crippen molar-refractivity contribution in [1.29, 1.82) is 0 Å². The molecule has 1 aliphatic heterocycles. The van der Waals surface area contributed by atoms with Crippen molar-refractivity contribution in [3.8, 4) is 0 Å². The number of ether oxygens (including phenoxy) is 1. The Morgan fingerprint density at radius 2 is 2.40 bits per heavy atom. The molecule has 1 saturated heterocycles. The minimum absolute atomic E-state index is 0.254. The summed E-state index contributed by atoms with van der Waals surface area (Å²) < 4.78 is 6.56. The van der Waals surface area contributed by atoms with Gasteiger partial charge in [-0.1, -0.05) is 0 Å². The number of hydrogen-bond donors (Lipinski definition) is 1. The SMILES string of the molecule is CC(N)CCC1(c2cc(Br)cs2)COC1. The second kappa shape index (κ2) is 4.53. The molecule has 2 nitrogen and oxygen atoms in total. The average molecular weight is 290 g/mol. The standard InChI is InChI=1S/C11H16BrNOS/c1-8(13)2-3-11(6-14-7-11)10-4-9(12)5-15-10/h4-5,8H,2-3,6-7,13H2,1H3. The molecule has 2 heterocycles. The van der Waals surface area contributed by atoms with Crippen LogP contribution in [-0.4, -0.2) is 19.3 Å². The predicted molar refractivity (Wildman–Crippen MR) is 67.4 cm³/mol. The first kappa shape index (κ1) is 11.6. The Morgan fingerprint density at radius 3 is 2.80 bits per heavy atom. The van der Waals surface area contributed by atoms with Crippen LogP contribution in [0.3, 0.4) is 0 Å². The fraction of sp³-hybridized carbons (Fsp3) is 0.636. The summed E-state index contributed by atoms with van der Waals surface area (Å²) in [6.45, 7) is 3.77. The Morgan fingerprint density at radius 1 is 1.67 bits per heavy atom. The van der Waals surface area contributed by atoms with Gasteiger partial charge in [0.15, 0.2) is 0 Å². The molecule has 0 aliphatic carbocycles. The lowest BCUT2D eigenvalue weighted by Gasteiger charge is -2.41. The van der Waals surface area contributed by atoms with Gasteiger partial charge in [0, 0.05) is 20.8 Å². The summed E-state index contributed by atoms with van der Waals surface area (Å²) in [6.07, 6.45) is 2.20. The molecule has 1 atom stereocenters. The van der Waals surface area contributed by atoms with Crippen LogP contribution in [0.2, 0.25) is 0 Å². The zero-order valence-electron chi connectivity index (χ0n) is 8.83. The van der Waals surface area contributed by atoms with Crippen LogP contribution in [0.1, 0.15) is 24.6 Å². The summed E-state index contributed by atoms with van der Waals surface area (Å²) in [5, 5.41) is 2.14. The van der Waals surface area contributed by atoms with Crippen molar-refractivity contribution in [2.45, 2.75) is 31.2 Å². The van der Waals surface area contributed by atoms with Crippen LogP contribution in [0.15, 0.2) is 15.9 Å². The molecule has 1 aliphatic rings. The second-order valence-electron chi connectivity index (χ2n) is 4.42. The van der Waals surface area contributed by atoms with Gasteiger partial charge in [0.25, 0.3) is 0 Å². The Bertz CT molecular complexity index is 333. The van der Waals surface area contributed by atoms with E-state index in [1.54, 1.807) is 0 Å². The molecule has 1 fully saturated rings. The molecule has 1 unspecified atom stereocenters. The van der Waals surface area contributed by atoms with Gasteiger partial charge in [-0.25, -0.2) is 0 Å². The van der Waals surface area contributed by atoms with E-state index in [-0.39, 0.29) is 11.5 Å². The number of thiophene rings is 1. The topological polar surface area (TPSA) is 35.2 Å². The molecule has 2 N–H and O–H groups in total. The Labute approximate surface area is 103 Å². The summed E-state index contributed by atoms with van der Waals surface area (Å²) in [7, 11) is 0. The minimum Gasteiger partial charge on any atom is -0.379 e. The first-order valence-corrected chi connectivity index (χ1v) is 6.87. The van der Waals surface area contributed by atoms with Crippen molar-refractivity contribution in [1.82, 2.24) is 0 Å². The summed E-state index contributed by atoms with van der Waals surface area (Å²) in [4.78, 5) is 1.43. The van der Waals surface area contributed by atoms with Crippen molar-refractivity contribution in [3.63, 3.8) is 0 Å². The van der Waals surface area contributed by atoms with Gasteiger partial charge in [-0.15, -0.1) is 11.3 Å². The highest BCUT2D eigenvalue weighted by molar-refractivity contribution is 9.10. The normalized spacial score (nSPS) is 21.0. The van der Waals surface area contributed by atoms with Crippen molar-refractivity contribution in [3.05, 3.63) is 20.8 Å². The molecule has 84 valence electrons. The summed E-state index contributed by atoms with van der Waals surface area (Å²) >= 11 is 5.32. The summed E-state index contributed by atoms with van der Waals surface area (Å²) in [6, 6.07) is 2.50. The fourth-order valence-electron chi connectivity index (χ4n) is 1.85. The monoisotopic (exact) mass is 289 g/mol. The molecule has 1 aromatic heterocycles. The summed E-state index contributed by atoms with van der Waals surface area (Å²) in [5.41, 5.74) is 6.07. The maximum Gasteiger partial charge on any atom is 0.0593 e. The van der Waals surface area contributed by atoms with Gasteiger partial charge < -0.3 is 10.5 Å². The van der Waals surface area contributed by atoms with Gasteiger partial charge in [-0.3, -0.25) is 0 Å². The fourth-order valence-corrected chi connectivity index (χ4v) is 3.49. The van der Waals surface area contributed by atoms with Gasteiger partial charge in [-0.2, -0.15) is 0 Å². The predicted octanol–water partition coefficient (Wildman–Crippen LogP) is 2.91. The molecule has 0 bridgehead atoms. The molecule has 2 rings (SSSR count). The van der Waals surface area contributed by atoms with Crippen molar-refractivity contribution in [2.24, 2.45) is 5.73 Å². The lowest BCUT2D eigenvalue weighted by atomic mass is 9.79. The molecule has 0 amide bonds. The van der Waals surface area contributed by atoms with E-state index in [9.17, 15) is 0 Å². The number of rotatable bonds is 4. The third-order valence-electron chi connectivity index (χ3n) is 2.93. The zero-order valence-corrected chi connectivity index (χ0v) is 11.2.